The summed E-state index contributed by atoms with van der Waals surface area (Å²) < 4.78 is 10.3. The Bertz CT molecular complexity index is 572. The topological polar surface area (TPSA) is 44.2 Å². The molecule has 18 heavy (non-hydrogen) atoms. The van der Waals surface area contributed by atoms with Gasteiger partial charge in [-0.3, -0.25) is 0 Å². The average Bonchev–Trinajstić information content (AvgIpc) is 2.27. The number of halogens is 1. The van der Waals surface area contributed by atoms with Crippen LogP contribution in [0.3, 0.4) is 0 Å². The van der Waals surface area contributed by atoms with Gasteiger partial charge in [-0.2, -0.15) is 9.97 Å². The third-order valence-corrected chi connectivity index (χ3v) is 2.87. The average molecular weight is 267 g/mol. The number of rotatable bonds is 4. The van der Waals surface area contributed by atoms with Crippen LogP contribution in [0.5, 0.6) is 6.01 Å². The van der Waals surface area contributed by atoms with Gasteiger partial charge < -0.3 is 9.47 Å². The van der Waals surface area contributed by atoms with Gasteiger partial charge in [-0.15, -0.1) is 0 Å². The van der Waals surface area contributed by atoms with Crippen LogP contribution in [0.2, 0.25) is 5.15 Å². The van der Waals surface area contributed by atoms with Gasteiger partial charge in [0.25, 0.3) is 0 Å². The van der Waals surface area contributed by atoms with Crippen molar-refractivity contribution in [2.24, 2.45) is 0 Å². The van der Waals surface area contributed by atoms with E-state index >= 15 is 0 Å². The molecule has 1 aromatic heterocycles. The molecule has 0 spiro atoms. The molecule has 5 heteroatoms. The monoisotopic (exact) mass is 266 g/mol. The lowest BCUT2D eigenvalue weighted by Crippen LogP contribution is -2.07. The summed E-state index contributed by atoms with van der Waals surface area (Å²) in [6.45, 7) is 4.92. The van der Waals surface area contributed by atoms with E-state index in [1.54, 1.807) is 7.11 Å². The van der Waals surface area contributed by atoms with Gasteiger partial charge in [0.1, 0.15) is 11.8 Å². The number of methoxy groups -OCH3 is 1. The first-order valence-corrected chi connectivity index (χ1v) is 6.06. The van der Waals surface area contributed by atoms with Gasteiger partial charge in [0.05, 0.1) is 12.1 Å². The van der Waals surface area contributed by atoms with Crippen LogP contribution < -0.4 is 4.74 Å². The molecular weight excluding hydrogens is 252 g/mol. The Hall–Kier alpha value is -1.39. The van der Waals surface area contributed by atoms with Gasteiger partial charge in [-0.25, -0.2) is 0 Å². The van der Waals surface area contributed by atoms with Gasteiger partial charge in [-0.05, 0) is 31.0 Å². The van der Waals surface area contributed by atoms with Crippen molar-refractivity contribution in [3.8, 4) is 6.01 Å². The Morgan fingerprint density at radius 1 is 1.17 bits per heavy atom. The molecule has 0 saturated carbocycles. The van der Waals surface area contributed by atoms with Crippen molar-refractivity contribution in [3.05, 3.63) is 28.4 Å². The second-order valence-corrected chi connectivity index (χ2v) is 4.47. The molecule has 0 bridgehead atoms. The molecule has 0 fully saturated rings. The van der Waals surface area contributed by atoms with Gasteiger partial charge in [-0.1, -0.05) is 17.7 Å². The van der Waals surface area contributed by atoms with E-state index < -0.39 is 0 Å². The number of aromatic nitrogens is 2. The summed E-state index contributed by atoms with van der Waals surface area (Å²) in [5, 5.41) is 1.30. The maximum Gasteiger partial charge on any atom is 0.318 e. The van der Waals surface area contributed by atoms with E-state index in [-0.39, 0.29) is 6.01 Å². The van der Waals surface area contributed by atoms with Crippen molar-refractivity contribution in [2.75, 3.05) is 20.3 Å². The van der Waals surface area contributed by atoms with E-state index in [2.05, 4.69) is 16.0 Å². The van der Waals surface area contributed by atoms with Crippen LogP contribution >= 0.6 is 11.6 Å². The van der Waals surface area contributed by atoms with Crippen LogP contribution in [0.25, 0.3) is 10.9 Å². The smallest absolute Gasteiger partial charge is 0.318 e. The molecule has 2 rings (SSSR count). The molecule has 0 radical (unpaired) electrons. The zero-order chi connectivity index (χ0) is 13.1. The van der Waals surface area contributed by atoms with Crippen molar-refractivity contribution in [3.63, 3.8) is 0 Å². The van der Waals surface area contributed by atoms with E-state index in [0.29, 0.717) is 18.4 Å². The van der Waals surface area contributed by atoms with Crippen molar-refractivity contribution in [2.45, 2.75) is 13.8 Å². The quantitative estimate of drug-likeness (QED) is 0.630. The highest BCUT2D eigenvalue weighted by Gasteiger charge is 2.09. The zero-order valence-corrected chi connectivity index (χ0v) is 11.4. The summed E-state index contributed by atoms with van der Waals surface area (Å²) >= 11 is 6.17. The highest BCUT2D eigenvalue weighted by Crippen LogP contribution is 2.27. The molecule has 0 amide bonds. The van der Waals surface area contributed by atoms with Crippen molar-refractivity contribution >= 4 is 22.5 Å². The van der Waals surface area contributed by atoms with E-state index in [0.717, 1.165) is 22.0 Å². The summed E-state index contributed by atoms with van der Waals surface area (Å²) in [6, 6.07) is 4.32. The molecule has 0 saturated heterocycles. The van der Waals surface area contributed by atoms with Crippen LogP contribution in [-0.4, -0.2) is 30.3 Å². The fraction of sp³-hybridized carbons (Fsp3) is 0.385. The molecule has 0 unspecified atom stereocenters. The van der Waals surface area contributed by atoms with Gasteiger partial charge in [0.2, 0.25) is 0 Å². The van der Waals surface area contributed by atoms with Gasteiger partial charge in [0, 0.05) is 12.5 Å². The second kappa shape index (κ2) is 5.50. The summed E-state index contributed by atoms with van der Waals surface area (Å²) in [5.41, 5.74) is 3.01. The van der Waals surface area contributed by atoms with Crippen LogP contribution in [0.15, 0.2) is 12.1 Å². The Morgan fingerprint density at radius 2 is 1.94 bits per heavy atom. The summed E-state index contributed by atoms with van der Waals surface area (Å²) in [4.78, 5) is 8.50. The normalized spacial score (nSPS) is 10.9. The fourth-order valence-corrected chi connectivity index (χ4v) is 2.17. The number of benzene rings is 1. The van der Waals surface area contributed by atoms with Crippen LogP contribution in [-0.2, 0) is 4.74 Å². The lowest BCUT2D eigenvalue weighted by Gasteiger charge is -2.08. The first-order chi connectivity index (χ1) is 8.61. The Morgan fingerprint density at radius 3 is 2.67 bits per heavy atom. The third-order valence-electron chi connectivity index (χ3n) is 2.59. The van der Waals surface area contributed by atoms with E-state index in [4.69, 9.17) is 21.1 Å². The van der Waals surface area contributed by atoms with E-state index in [9.17, 15) is 0 Å². The van der Waals surface area contributed by atoms with Crippen LogP contribution in [0.1, 0.15) is 11.1 Å². The highest BCUT2D eigenvalue weighted by atomic mass is 35.5. The maximum absolute atomic E-state index is 6.17. The molecule has 2 aromatic rings. The third kappa shape index (κ3) is 2.71. The summed E-state index contributed by atoms with van der Waals surface area (Å²) in [6.07, 6.45) is 0. The number of fused-ring (bicyclic) bond motifs is 1. The summed E-state index contributed by atoms with van der Waals surface area (Å²) in [5.74, 6) is 0. The van der Waals surface area contributed by atoms with Crippen LogP contribution in [0.4, 0.5) is 0 Å². The Kier molecular flexibility index (Phi) is 3.99. The molecule has 1 heterocycles. The molecule has 0 aliphatic carbocycles. The number of aryl methyl sites for hydroxylation is 2. The molecule has 1 aromatic carbocycles. The van der Waals surface area contributed by atoms with E-state index in [1.807, 2.05) is 19.9 Å². The maximum atomic E-state index is 6.17. The SMILES string of the molecule is COCCOc1nc(Cl)c2c(C)cc(C)cc2n1. The molecule has 0 N–H and O–H groups in total. The minimum atomic E-state index is 0.287. The number of nitrogens with zero attached hydrogens (tertiary/aromatic N) is 2. The number of hydrogen-bond acceptors (Lipinski definition) is 4. The largest absolute Gasteiger partial charge is 0.461 e. The minimum Gasteiger partial charge on any atom is -0.461 e. The fourth-order valence-electron chi connectivity index (χ4n) is 1.85. The first-order valence-electron chi connectivity index (χ1n) is 5.68. The van der Waals surface area contributed by atoms with E-state index in [1.165, 1.54) is 0 Å². The highest BCUT2D eigenvalue weighted by molar-refractivity contribution is 6.34. The predicted molar refractivity (Wildman–Crippen MR) is 71.4 cm³/mol. The molecule has 0 atom stereocenters. The second-order valence-electron chi connectivity index (χ2n) is 4.11. The first kappa shape index (κ1) is 13.1. The van der Waals surface area contributed by atoms with Crippen molar-refractivity contribution < 1.29 is 9.47 Å². The Balaban J connectivity index is 2.41. The zero-order valence-electron chi connectivity index (χ0n) is 10.7. The molecular formula is C13H15ClN2O2. The standard InChI is InChI=1S/C13H15ClN2O2/c1-8-6-9(2)11-10(7-8)15-13(16-12(11)14)18-5-4-17-3/h6-7H,4-5H2,1-3H3. The van der Waals surface area contributed by atoms with Crippen molar-refractivity contribution in [1.82, 2.24) is 9.97 Å². The molecule has 4 nitrogen and oxygen atoms in total. The molecule has 0 aliphatic heterocycles. The predicted octanol–water partition coefficient (Wildman–Crippen LogP) is 2.93. The molecule has 96 valence electrons. The lowest BCUT2D eigenvalue weighted by molar-refractivity contribution is 0.141. The summed E-state index contributed by atoms with van der Waals surface area (Å²) in [7, 11) is 1.62. The van der Waals surface area contributed by atoms with Crippen LogP contribution in [0, 0.1) is 13.8 Å². The minimum absolute atomic E-state index is 0.287. The number of ether oxygens (including phenoxy) is 2. The Labute approximate surface area is 111 Å². The van der Waals surface area contributed by atoms with Crippen molar-refractivity contribution in [1.29, 1.82) is 0 Å². The lowest BCUT2D eigenvalue weighted by atomic mass is 10.1. The van der Waals surface area contributed by atoms with Gasteiger partial charge in [0.15, 0.2) is 0 Å². The number of hydrogen-bond donors (Lipinski definition) is 0. The van der Waals surface area contributed by atoms with Gasteiger partial charge >= 0.3 is 6.01 Å². The molecule has 0 aliphatic rings.